The van der Waals surface area contributed by atoms with Crippen LogP contribution in [0.1, 0.15) is 59.3 Å². The summed E-state index contributed by atoms with van der Waals surface area (Å²) in [5, 5.41) is 3.10. The summed E-state index contributed by atoms with van der Waals surface area (Å²) in [4.78, 5) is 12.0. The van der Waals surface area contributed by atoms with Crippen molar-refractivity contribution in [2.45, 2.75) is 71.4 Å². The molecular formula is C14H28N2O. The summed E-state index contributed by atoms with van der Waals surface area (Å²) in [5.41, 5.74) is 5.94. The van der Waals surface area contributed by atoms with Crippen molar-refractivity contribution in [1.82, 2.24) is 5.32 Å². The van der Waals surface area contributed by atoms with Gasteiger partial charge in [-0.25, -0.2) is 0 Å². The van der Waals surface area contributed by atoms with Gasteiger partial charge in [-0.05, 0) is 31.6 Å². The highest BCUT2D eigenvalue weighted by Crippen LogP contribution is 2.26. The zero-order valence-corrected chi connectivity index (χ0v) is 11.5. The van der Waals surface area contributed by atoms with Crippen LogP contribution in [0.2, 0.25) is 0 Å². The van der Waals surface area contributed by atoms with Gasteiger partial charge in [0.1, 0.15) is 0 Å². The van der Waals surface area contributed by atoms with E-state index in [1.54, 1.807) is 0 Å². The lowest BCUT2D eigenvalue weighted by Gasteiger charge is -2.29. The van der Waals surface area contributed by atoms with Gasteiger partial charge in [0.25, 0.3) is 0 Å². The fraction of sp³-hybridized carbons (Fsp3) is 0.929. The van der Waals surface area contributed by atoms with E-state index in [4.69, 9.17) is 5.73 Å². The number of hydrogen-bond donors (Lipinski definition) is 2. The van der Waals surface area contributed by atoms with E-state index >= 15 is 0 Å². The average molecular weight is 240 g/mol. The fourth-order valence-corrected chi connectivity index (χ4v) is 2.58. The van der Waals surface area contributed by atoms with Crippen molar-refractivity contribution >= 4 is 5.91 Å². The molecule has 1 amide bonds. The van der Waals surface area contributed by atoms with Crippen LogP contribution in [-0.2, 0) is 4.79 Å². The number of nitrogens with two attached hydrogens (primary N) is 1. The number of hydrogen-bond acceptors (Lipinski definition) is 2. The van der Waals surface area contributed by atoms with Gasteiger partial charge in [-0.3, -0.25) is 4.79 Å². The normalized spacial score (nSPS) is 22.8. The lowest BCUT2D eigenvalue weighted by molar-refractivity contribution is -0.124. The third-order valence-electron chi connectivity index (χ3n) is 4.29. The zero-order chi connectivity index (χ0) is 12.8. The van der Waals surface area contributed by atoms with Gasteiger partial charge in [0.2, 0.25) is 5.91 Å². The Labute approximate surface area is 106 Å². The molecule has 2 unspecified atom stereocenters. The Balaban J connectivity index is 2.38. The molecule has 0 aliphatic heterocycles. The molecule has 0 aromatic heterocycles. The number of carbonyl (C=O) groups is 1. The van der Waals surface area contributed by atoms with Crippen molar-refractivity contribution in [2.24, 2.45) is 17.6 Å². The van der Waals surface area contributed by atoms with Crippen LogP contribution >= 0.6 is 0 Å². The molecule has 3 atom stereocenters. The highest BCUT2D eigenvalue weighted by Gasteiger charge is 2.25. The number of carbonyl (C=O) groups excluding carboxylic acids is 1. The van der Waals surface area contributed by atoms with Crippen LogP contribution in [0.15, 0.2) is 0 Å². The topological polar surface area (TPSA) is 55.1 Å². The molecular weight excluding hydrogens is 212 g/mol. The molecule has 0 aromatic carbocycles. The maximum atomic E-state index is 12.0. The predicted molar refractivity (Wildman–Crippen MR) is 71.6 cm³/mol. The molecule has 0 heterocycles. The zero-order valence-electron chi connectivity index (χ0n) is 11.5. The van der Waals surface area contributed by atoms with Crippen LogP contribution in [0.25, 0.3) is 0 Å². The lowest BCUT2D eigenvalue weighted by atomic mass is 9.84. The van der Waals surface area contributed by atoms with E-state index in [0.29, 0.717) is 5.92 Å². The summed E-state index contributed by atoms with van der Waals surface area (Å²) in [6, 6.07) is -0.0797. The largest absolute Gasteiger partial charge is 0.352 e. The van der Waals surface area contributed by atoms with E-state index in [2.05, 4.69) is 19.2 Å². The molecule has 1 saturated carbocycles. The maximum absolute atomic E-state index is 12.0. The Hall–Kier alpha value is -0.570. The summed E-state index contributed by atoms with van der Waals surface area (Å²) in [6.07, 6.45) is 7.42. The van der Waals surface area contributed by atoms with Crippen molar-refractivity contribution in [3.8, 4) is 0 Å². The van der Waals surface area contributed by atoms with Gasteiger partial charge in [0.05, 0.1) is 6.04 Å². The van der Waals surface area contributed by atoms with Gasteiger partial charge in [-0.15, -0.1) is 0 Å². The number of nitrogens with one attached hydrogen (secondary N) is 1. The van der Waals surface area contributed by atoms with Crippen molar-refractivity contribution < 1.29 is 4.79 Å². The Morgan fingerprint density at radius 2 is 1.88 bits per heavy atom. The molecule has 0 saturated heterocycles. The smallest absolute Gasteiger partial charge is 0.237 e. The van der Waals surface area contributed by atoms with E-state index in [9.17, 15) is 4.79 Å². The average Bonchev–Trinajstić information content (AvgIpc) is 2.37. The van der Waals surface area contributed by atoms with Crippen LogP contribution in [0, 0.1) is 11.8 Å². The molecule has 3 heteroatoms. The van der Waals surface area contributed by atoms with Crippen LogP contribution in [0.3, 0.4) is 0 Å². The predicted octanol–water partition coefficient (Wildman–Crippen LogP) is 2.44. The molecule has 1 rings (SSSR count). The molecule has 3 N–H and O–H groups in total. The van der Waals surface area contributed by atoms with E-state index in [1.165, 1.54) is 32.1 Å². The minimum Gasteiger partial charge on any atom is -0.352 e. The van der Waals surface area contributed by atoms with Crippen molar-refractivity contribution in [3.05, 3.63) is 0 Å². The van der Waals surface area contributed by atoms with Crippen LogP contribution in [0.5, 0.6) is 0 Å². The molecule has 0 bridgehead atoms. The molecule has 3 nitrogen and oxygen atoms in total. The number of rotatable bonds is 5. The van der Waals surface area contributed by atoms with Crippen LogP contribution in [-0.4, -0.2) is 18.0 Å². The monoisotopic (exact) mass is 240 g/mol. The summed E-state index contributed by atoms with van der Waals surface area (Å²) in [5.74, 6) is 0.933. The van der Waals surface area contributed by atoms with E-state index < -0.39 is 0 Å². The Bertz CT molecular complexity index is 236. The molecule has 1 aliphatic rings. The summed E-state index contributed by atoms with van der Waals surface area (Å²) >= 11 is 0. The van der Waals surface area contributed by atoms with Gasteiger partial charge in [-0.2, -0.15) is 0 Å². The highest BCUT2D eigenvalue weighted by atomic mass is 16.2. The first-order chi connectivity index (χ1) is 8.06. The maximum Gasteiger partial charge on any atom is 0.237 e. The third kappa shape index (κ3) is 4.30. The van der Waals surface area contributed by atoms with Gasteiger partial charge < -0.3 is 11.1 Å². The van der Waals surface area contributed by atoms with Gasteiger partial charge in [0, 0.05) is 6.04 Å². The Morgan fingerprint density at radius 1 is 1.29 bits per heavy atom. The molecule has 0 spiro atoms. The van der Waals surface area contributed by atoms with Crippen LogP contribution < -0.4 is 11.1 Å². The lowest BCUT2D eigenvalue weighted by Crippen LogP contribution is -2.49. The molecule has 0 radical (unpaired) electrons. The summed E-state index contributed by atoms with van der Waals surface area (Å²) in [7, 11) is 0. The molecule has 0 aromatic rings. The standard InChI is InChI=1S/C14H28N2O/c1-4-10(2)13(15)14(17)16-11(3)12-8-6-5-7-9-12/h10-13H,4-9,15H2,1-3H3,(H,16,17)/t10?,11-,13?/m0/s1. The first-order valence-electron chi connectivity index (χ1n) is 7.12. The molecule has 100 valence electrons. The number of amides is 1. The Morgan fingerprint density at radius 3 is 2.41 bits per heavy atom. The van der Waals surface area contributed by atoms with Crippen molar-refractivity contribution in [2.75, 3.05) is 0 Å². The molecule has 1 fully saturated rings. The second kappa shape index (κ2) is 7.00. The second-order valence-corrected chi connectivity index (χ2v) is 5.61. The molecule has 17 heavy (non-hydrogen) atoms. The van der Waals surface area contributed by atoms with Crippen molar-refractivity contribution in [1.29, 1.82) is 0 Å². The van der Waals surface area contributed by atoms with E-state index in [1.807, 2.05) is 6.92 Å². The first-order valence-corrected chi connectivity index (χ1v) is 7.12. The quantitative estimate of drug-likeness (QED) is 0.775. The molecule has 1 aliphatic carbocycles. The van der Waals surface area contributed by atoms with E-state index in [-0.39, 0.29) is 23.9 Å². The second-order valence-electron chi connectivity index (χ2n) is 5.61. The van der Waals surface area contributed by atoms with Gasteiger partial charge >= 0.3 is 0 Å². The summed E-state index contributed by atoms with van der Waals surface area (Å²) in [6.45, 7) is 6.23. The highest BCUT2D eigenvalue weighted by molar-refractivity contribution is 5.82. The van der Waals surface area contributed by atoms with Crippen LogP contribution in [0.4, 0.5) is 0 Å². The minimum atomic E-state index is -0.356. The minimum absolute atomic E-state index is 0.0254. The van der Waals surface area contributed by atoms with Gasteiger partial charge in [0.15, 0.2) is 0 Å². The first kappa shape index (κ1) is 14.5. The van der Waals surface area contributed by atoms with Gasteiger partial charge in [-0.1, -0.05) is 39.5 Å². The fourth-order valence-electron chi connectivity index (χ4n) is 2.58. The van der Waals surface area contributed by atoms with Crippen molar-refractivity contribution in [3.63, 3.8) is 0 Å². The SMILES string of the molecule is CCC(C)C(N)C(=O)N[C@@H](C)C1CCCCC1. The Kier molecular flexibility index (Phi) is 5.96. The summed E-state index contributed by atoms with van der Waals surface area (Å²) < 4.78 is 0. The van der Waals surface area contributed by atoms with E-state index in [0.717, 1.165) is 6.42 Å². The third-order valence-corrected chi connectivity index (χ3v) is 4.29.